The van der Waals surface area contributed by atoms with Gasteiger partial charge in [-0.05, 0) is 114 Å². The van der Waals surface area contributed by atoms with E-state index in [-0.39, 0.29) is 24.1 Å². The smallest absolute Gasteiger partial charge is 0.306 e. The molecule has 0 aliphatic carbocycles. The third kappa shape index (κ3) is 14.6. The fraction of sp³-hybridized carbons (Fsp3) is 0.404. The molecule has 4 aromatic carbocycles. The first-order valence-corrected chi connectivity index (χ1v) is 21.1. The van der Waals surface area contributed by atoms with Crippen LogP contribution in [0.2, 0.25) is 0 Å². The molecule has 1 amide bonds. The van der Waals surface area contributed by atoms with Gasteiger partial charge in [0, 0.05) is 51.4 Å². The number of hydrogen-bond acceptors (Lipinski definition) is 10. The number of carbonyl (C=O) groups excluding carboxylic acids is 1. The molecule has 0 spiro atoms. The molecule has 16 heteroatoms. The number of hydrogen-bond donors (Lipinski definition) is 4. The predicted molar refractivity (Wildman–Crippen MR) is 236 cm³/mol. The van der Waals surface area contributed by atoms with Crippen molar-refractivity contribution in [3.05, 3.63) is 108 Å². The lowest BCUT2D eigenvalue weighted by Gasteiger charge is -2.20. The summed E-state index contributed by atoms with van der Waals surface area (Å²) < 4.78 is 53.2. The van der Waals surface area contributed by atoms with E-state index in [0.29, 0.717) is 81.9 Å². The van der Waals surface area contributed by atoms with Crippen LogP contribution < -0.4 is 20.1 Å². The number of benzene rings is 4. The first kappa shape index (κ1) is 48.1. The first-order chi connectivity index (χ1) is 30.1. The van der Waals surface area contributed by atoms with Gasteiger partial charge in [0.2, 0.25) is 5.91 Å². The minimum absolute atomic E-state index is 0.168. The number of fused-ring (bicyclic) bond motifs is 2. The van der Waals surface area contributed by atoms with Crippen molar-refractivity contribution in [1.29, 1.82) is 0 Å². The molecule has 2 atom stereocenters. The Morgan fingerprint density at radius 3 is 1.65 bits per heavy atom. The van der Waals surface area contributed by atoms with E-state index >= 15 is 0 Å². The molecule has 6 aromatic rings. The lowest BCUT2D eigenvalue weighted by molar-refractivity contribution is -0.141. The van der Waals surface area contributed by atoms with E-state index in [1.165, 1.54) is 24.3 Å². The molecule has 0 fully saturated rings. The summed E-state index contributed by atoms with van der Waals surface area (Å²) in [5.41, 5.74) is 2.39. The topological polar surface area (TPSA) is 171 Å². The molecule has 6 rings (SSSR count). The van der Waals surface area contributed by atoms with Crippen molar-refractivity contribution >= 4 is 33.9 Å². The molecule has 0 saturated heterocycles. The maximum absolute atomic E-state index is 13.2. The fourth-order valence-electron chi connectivity index (χ4n) is 6.40. The van der Waals surface area contributed by atoms with Crippen molar-refractivity contribution in [3.63, 3.8) is 0 Å². The standard InChI is InChI=1S/C25H33FN4O4.C22H25FN2O4/c1-5-33-13-12-30-22-14-20(34-19-8-6-18(26)7-9-19)10-11-21(22)29-23(30)15-27-17(2)24(31)28-16-25(3,4)32;1-3-28-13-12-25-20-14-18(29-17-7-5-16(23)6-8-17)9-10-19(20)24-21(25)11-4-15(2)22(26)27/h6-11,14,17,27,32H,5,12-13,15-16H2,1-4H3,(H,28,31);5-10,14-15H,3-4,11-13H2,1-2H3,(H,26,27)/t17-;15-/m01/s1. The van der Waals surface area contributed by atoms with Crippen molar-refractivity contribution in [2.75, 3.05) is 33.0 Å². The zero-order valence-electron chi connectivity index (χ0n) is 36.7. The van der Waals surface area contributed by atoms with E-state index < -0.39 is 23.5 Å². The van der Waals surface area contributed by atoms with Crippen LogP contribution in [0.4, 0.5) is 8.78 Å². The van der Waals surface area contributed by atoms with Crippen molar-refractivity contribution in [2.24, 2.45) is 5.92 Å². The van der Waals surface area contributed by atoms with E-state index in [2.05, 4.69) is 15.2 Å². The summed E-state index contributed by atoms with van der Waals surface area (Å²) in [6.45, 7) is 14.6. The van der Waals surface area contributed by atoms with Gasteiger partial charge in [-0.3, -0.25) is 14.9 Å². The highest BCUT2D eigenvalue weighted by molar-refractivity contribution is 5.81. The summed E-state index contributed by atoms with van der Waals surface area (Å²) in [6.07, 6.45) is 1.06. The molecule has 0 unspecified atom stereocenters. The molecule has 338 valence electrons. The molecule has 0 radical (unpaired) electrons. The monoisotopic (exact) mass is 872 g/mol. The molecular weight excluding hydrogens is 815 g/mol. The molecule has 2 aromatic heterocycles. The van der Waals surface area contributed by atoms with Crippen molar-refractivity contribution < 1.29 is 47.5 Å². The van der Waals surface area contributed by atoms with Crippen LogP contribution in [0, 0.1) is 17.6 Å². The van der Waals surface area contributed by atoms with Gasteiger partial charge in [0.05, 0.1) is 59.4 Å². The van der Waals surface area contributed by atoms with Crippen molar-refractivity contribution in [3.8, 4) is 23.0 Å². The largest absolute Gasteiger partial charge is 0.481 e. The first-order valence-electron chi connectivity index (χ1n) is 21.1. The van der Waals surface area contributed by atoms with Crippen LogP contribution in [0.15, 0.2) is 84.9 Å². The number of carboxylic acids is 1. The number of nitrogens with one attached hydrogen (secondary N) is 2. The minimum Gasteiger partial charge on any atom is -0.481 e. The van der Waals surface area contributed by atoms with E-state index in [4.69, 9.17) is 34.0 Å². The average molecular weight is 873 g/mol. The molecule has 63 heavy (non-hydrogen) atoms. The van der Waals surface area contributed by atoms with Gasteiger partial charge in [-0.1, -0.05) is 6.92 Å². The number of aromatic nitrogens is 4. The van der Waals surface area contributed by atoms with Crippen LogP contribution in [-0.2, 0) is 45.1 Å². The lowest BCUT2D eigenvalue weighted by atomic mass is 10.1. The van der Waals surface area contributed by atoms with Gasteiger partial charge in [-0.25, -0.2) is 18.7 Å². The van der Waals surface area contributed by atoms with Gasteiger partial charge in [0.25, 0.3) is 0 Å². The van der Waals surface area contributed by atoms with Gasteiger partial charge in [0.1, 0.15) is 46.3 Å². The Labute approximate surface area is 366 Å². The summed E-state index contributed by atoms with van der Waals surface area (Å²) in [5, 5.41) is 24.9. The van der Waals surface area contributed by atoms with E-state index in [9.17, 15) is 23.5 Å². The maximum atomic E-state index is 13.2. The maximum Gasteiger partial charge on any atom is 0.306 e. The van der Waals surface area contributed by atoms with Crippen LogP contribution in [0.3, 0.4) is 0 Å². The van der Waals surface area contributed by atoms with Gasteiger partial charge >= 0.3 is 5.97 Å². The molecule has 14 nitrogen and oxygen atoms in total. The Balaban J connectivity index is 0.000000240. The molecule has 4 N–H and O–H groups in total. The highest BCUT2D eigenvalue weighted by Gasteiger charge is 2.20. The van der Waals surface area contributed by atoms with Gasteiger partial charge in [-0.2, -0.15) is 0 Å². The van der Waals surface area contributed by atoms with Gasteiger partial charge < -0.3 is 43.6 Å². The number of carbonyl (C=O) groups is 2. The second kappa shape index (κ2) is 22.9. The number of nitrogens with zero attached hydrogens (tertiary/aromatic N) is 4. The Bertz CT molecular complexity index is 2400. The summed E-state index contributed by atoms with van der Waals surface area (Å²) in [4.78, 5) is 32.9. The van der Waals surface area contributed by atoms with E-state index in [1.807, 2.05) is 54.8 Å². The predicted octanol–water partition coefficient (Wildman–Crippen LogP) is 8.03. The van der Waals surface area contributed by atoms with Crippen LogP contribution >= 0.6 is 0 Å². The number of rotatable bonds is 22. The Kier molecular flexibility index (Phi) is 17.5. The molecule has 0 saturated carbocycles. The Hall–Kier alpha value is -5.94. The van der Waals surface area contributed by atoms with Crippen LogP contribution in [0.5, 0.6) is 23.0 Å². The number of amides is 1. The van der Waals surface area contributed by atoms with E-state index in [1.54, 1.807) is 52.0 Å². The highest BCUT2D eigenvalue weighted by Crippen LogP contribution is 2.29. The van der Waals surface area contributed by atoms with E-state index in [0.717, 1.165) is 33.7 Å². The van der Waals surface area contributed by atoms with Gasteiger partial charge in [0.15, 0.2) is 0 Å². The van der Waals surface area contributed by atoms with Crippen LogP contribution in [-0.4, -0.2) is 85.8 Å². The average Bonchev–Trinajstić information content (AvgIpc) is 3.78. The Morgan fingerprint density at radius 2 is 1.19 bits per heavy atom. The summed E-state index contributed by atoms with van der Waals surface area (Å²) in [6, 6.07) is 22.4. The number of aliphatic hydroxyl groups is 1. The summed E-state index contributed by atoms with van der Waals surface area (Å²) in [7, 11) is 0. The fourth-order valence-corrected chi connectivity index (χ4v) is 6.40. The highest BCUT2D eigenvalue weighted by atomic mass is 19.1. The van der Waals surface area contributed by atoms with Crippen molar-refractivity contribution in [2.45, 2.75) is 85.7 Å². The molecule has 0 bridgehead atoms. The lowest BCUT2D eigenvalue weighted by Crippen LogP contribution is -2.46. The number of aliphatic carboxylic acids is 1. The SMILES string of the molecule is CCOCCn1c(CC[C@@H](C)C(=O)O)nc2ccc(Oc3ccc(F)cc3)cc21.CCOCCn1c(CN[C@@H](C)C(=O)NCC(C)(C)O)nc2ccc(Oc3ccc(F)cc3)cc21. The summed E-state index contributed by atoms with van der Waals surface area (Å²) >= 11 is 0. The third-order valence-corrected chi connectivity index (χ3v) is 9.90. The molecule has 0 aliphatic heterocycles. The molecule has 0 aliphatic rings. The number of halogens is 2. The molecular formula is C47H58F2N6O8. The number of carboxylic acid groups (broad SMARTS) is 1. The number of ether oxygens (including phenoxy) is 4. The number of aryl methyl sites for hydroxylation is 1. The zero-order valence-corrected chi connectivity index (χ0v) is 36.7. The second-order valence-electron chi connectivity index (χ2n) is 15.6. The van der Waals surface area contributed by atoms with Crippen LogP contribution in [0.25, 0.3) is 22.1 Å². The minimum atomic E-state index is -0.976. The van der Waals surface area contributed by atoms with Crippen LogP contribution in [0.1, 0.15) is 59.6 Å². The number of imidazole rings is 2. The van der Waals surface area contributed by atoms with Crippen molar-refractivity contribution in [1.82, 2.24) is 29.7 Å². The zero-order chi connectivity index (χ0) is 45.5. The normalized spacial score (nSPS) is 12.5. The molecule has 2 heterocycles. The quantitative estimate of drug-likeness (QED) is 0.0487. The second-order valence-corrected chi connectivity index (χ2v) is 15.6. The summed E-state index contributed by atoms with van der Waals surface area (Å²) in [5.74, 6) is 1.80. The third-order valence-electron chi connectivity index (χ3n) is 9.90. The van der Waals surface area contributed by atoms with Gasteiger partial charge in [-0.15, -0.1) is 0 Å². The Morgan fingerprint density at radius 1 is 0.730 bits per heavy atom.